The van der Waals surface area contributed by atoms with Crippen molar-refractivity contribution in [2.45, 2.75) is 38.2 Å². The van der Waals surface area contributed by atoms with E-state index in [1.165, 1.54) is 35.6 Å². The van der Waals surface area contributed by atoms with Gasteiger partial charge in [-0.05, 0) is 43.7 Å². The topological polar surface area (TPSA) is 104 Å². The van der Waals surface area contributed by atoms with E-state index >= 15 is 0 Å². The van der Waals surface area contributed by atoms with Crippen molar-refractivity contribution in [2.24, 2.45) is 0 Å². The Balaban J connectivity index is 1.39. The van der Waals surface area contributed by atoms with E-state index in [1.807, 2.05) is 0 Å². The van der Waals surface area contributed by atoms with Gasteiger partial charge in [-0.3, -0.25) is 14.4 Å². The number of aromatic nitrogens is 3. The smallest absolute Gasteiger partial charge is 0.439 e. The van der Waals surface area contributed by atoms with Gasteiger partial charge >= 0.3 is 11.9 Å². The van der Waals surface area contributed by atoms with Crippen molar-refractivity contribution >= 4 is 11.3 Å². The van der Waals surface area contributed by atoms with Crippen LogP contribution >= 0.6 is 11.3 Å². The predicted molar refractivity (Wildman–Crippen MR) is 130 cm³/mol. The molecule has 0 spiro atoms. The number of aliphatic hydroxyl groups excluding tert-OH is 1. The van der Waals surface area contributed by atoms with Gasteiger partial charge in [-0.2, -0.15) is 13.2 Å². The van der Waals surface area contributed by atoms with E-state index in [1.54, 1.807) is 0 Å². The summed E-state index contributed by atoms with van der Waals surface area (Å²) < 4.78 is 63.9. The number of hydrogen-bond acceptors (Lipinski definition) is 8. The molecular formula is C25H22F4N4O4S. The van der Waals surface area contributed by atoms with Gasteiger partial charge in [0.25, 0.3) is 0 Å². The lowest BCUT2D eigenvalue weighted by Gasteiger charge is -2.22. The summed E-state index contributed by atoms with van der Waals surface area (Å²) in [7, 11) is 0. The summed E-state index contributed by atoms with van der Waals surface area (Å²) in [4.78, 5) is 21.0. The number of likely N-dealkylation sites (tertiary alicyclic amines) is 1. The van der Waals surface area contributed by atoms with Gasteiger partial charge in [0.2, 0.25) is 0 Å². The molecule has 1 atom stereocenters. The van der Waals surface area contributed by atoms with Crippen LogP contribution in [0.25, 0.3) is 22.0 Å². The number of ether oxygens (including phenoxy) is 1. The summed E-state index contributed by atoms with van der Waals surface area (Å²) in [5.74, 6) is -1.30. The molecule has 1 saturated heterocycles. The van der Waals surface area contributed by atoms with Crippen molar-refractivity contribution in [1.29, 1.82) is 0 Å². The fourth-order valence-electron chi connectivity index (χ4n) is 4.32. The molecule has 1 aliphatic rings. The van der Waals surface area contributed by atoms with E-state index in [0.29, 0.717) is 22.8 Å². The van der Waals surface area contributed by atoms with Crippen molar-refractivity contribution in [2.75, 3.05) is 13.2 Å². The van der Waals surface area contributed by atoms with E-state index in [9.17, 15) is 27.5 Å². The zero-order chi connectivity index (χ0) is 26.9. The fourth-order valence-corrected chi connectivity index (χ4v) is 5.31. The number of aromatic amines is 1. The van der Waals surface area contributed by atoms with Gasteiger partial charge in [0.05, 0.1) is 28.3 Å². The van der Waals surface area contributed by atoms with Gasteiger partial charge in [-0.15, -0.1) is 11.3 Å². The number of aliphatic hydroxyl groups is 1. The molecular weight excluding hydrogens is 528 g/mol. The maximum absolute atomic E-state index is 14.6. The first-order valence-corrected chi connectivity index (χ1v) is 12.5. The Morgan fingerprint density at radius 2 is 2.00 bits per heavy atom. The standard InChI is InChI=1S/C25H22F4N4O4S/c26-19-10-17(7-8-18(19)22-31-24(35)37-32-22)36-13-21-20(11-33-9-1-2-16(33)12-34)30-23(38-21)14-3-5-15(6-4-14)25(27,28)29/h3-8,10,16,34H,1-2,9,11-13H2,(H,31,32,35). The van der Waals surface area contributed by atoms with Crippen molar-refractivity contribution in [1.82, 2.24) is 20.0 Å². The second-order valence-corrected chi connectivity index (χ2v) is 9.87. The third-order valence-electron chi connectivity index (χ3n) is 6.31. The quantitative estimate of drug-likeness (QED) is 0.303. The van der Waals surface area contributed by atoms with Crippen molar-refractivity contribution in [3.05, 3.63) is 75.0 Å². The zero-order valence-electron chi connectivity index (χ0n) is 19.8. The lowest BCUT2D eigenvalue weighted by Crippen LogP contribution is -2.32. The number of nitrogens with one attached hydrogen (secondary N) is 1. The number of hydrogen-bond donors (Lipinski definition) is 2. The number of thiazole rings is 1. The van der Waals surface area contributed by atoms with Crippen LogP contribution in [0, 0.1) is 5.82 Å². The van der Waals surface area contributed by atoms with Crippen molar-refractivity contribution < 1.29 is 31.9 Å². The summed E-state index contributed by atoms with van der Waals surface area (Å²) in [6.07, 6.45) is -2.63. The summed E-state index contributed by atoms with van der Waals surface area (Å²) in [6, 6.07) is 8.87. The van der Waals surface area contributed by atoms with Crippen LogP contribution in [0.4, 0.5) is 17.6 Å². The Labute approximate surface area is 217 Å². The molecule has 0 bridgehead atoms. The Morgan fingerprint density at radius 3 is 2.66 bits per heavy atom. The molecule has 0 aliphatic carbocycles. The Morgan fingerprint density at radius 1 is 1.21 bits per heavy atom. The SMILES string of the molecule is O=c1[nH]c(-c2ccc(OCc3sc(-c4ccc(C(F)(F)F)cc4)nc3CN3CCCC3CO)cc2F)no1. The first-order chi connectivity index (χ1) is 18.2. The normalized spacial score (nSPS) is 16.3. The minimum Gasteiger partial charge on any atom is -0.488 e. The number of alkyl halides is 3. The molecule has 38 heavy (non-hydrogen) atoms. The van der Waals surface area contributed by atoms with Gasteiger partial charge < -0.3 is 9.84 Å². The molecule has 2 aromatic carbocycles. The van der Waals surface area contributed by atoms with Gasteiger partial charge in [-0.1, -0.05) is 17.3 Å². The Bertz CT molecular complexity index is 1470. The molecule has 0 saturated carbocycles. The largest absolute Gasteiger partial charge is 0.488 e. The highest BCUT2D eigenvalue weighted by Gasteiger charge is 2.30. The minimum absolute atomic E-state index is 0.00426. The predicted octanol–water partition coefficient (Wildman–Crippen LogP) is 4.85. The molecule has 13 heteroatoms. The summed E-state index contributed by atoms with van der Waals surface area (Å²) >= 11 is 1.28. The van der Waals surface area contributed by atoms with Crippen molar-refractivity contribution in [3.8, 4) is 27.7 Å². The molecule has 200 valence electrons. The van der Waals surface area contributed by atoms with Gasteiger partial charge in [0.15, 0.2) is 5.82 Å². The molecule has 8 nitrogen and oxygen atoms in total. The van der Waals surface area contributed by atoms with Gasteiger partial charge in [0, 0.05) is 24.2 Å². The van der Waals surface area contributed by atoms with Crippen LogP contribution in [0.15, 0.2) is 51.8 Å². The van der Waals surface area contributed by atoms with E-state index in [0.717, 1.165) is 42.5 Å². The molecule has 0 radical (unpaired) electrons. The van der Waals surface area contributed by atoms with Crippen LogP contribution in [0.5, 0.6) is 5.75 Å². The first kappa shape index (κ1) is 26.1. The highest BCUT2D eigenvalue weighted by molar-refractivity contribution is 7.15. The molecule has 5 rings (SSSR count). The van der Waals surface area contributed by atoms with Crippen LogP contribution in [0.2, 0.25) is 0 Å². The van der Waals surface area contributed by atoms with Crippen LogP contribution in [0.3, 0.4) is 0 Å². The average Bonchev–Trinajstić information content (AvgIpc) is 3.63. The molecule has 1 fully saturated rings. The van der Waals surface area contributed by atoms with Crippen LogP contribution < -0.4 is 10.5 Å². The van der Waals surface area contributed by atoms with E-state index in [2.05, 4.69) is 19.6 Å². The molecule has 2 aromatic heterocycles. The van der Waals surface area contributed by atoms with E-state index in [-0.39, 0.29) is 36.4 Å². The van der Waals surface area contributed by atoms with Crippen LogP contribution in [-0.4, -0.2) is 44.3 Å². The summed E-state index contributed by atoms with van der Waals surface area (Å²) in [6.45, 7) is 1.29. The molecule has 1 unspecified atom stereocenters. The summed E-state index contributed by atoms with van der Waals surface area (Å²) in [5.41, 5.74) is 0.509. The Hall–Kier alpha value is -3.55. The fraction of sp³-hybridized carbons (Fsp3) is 0.320. The van der Waals surface area contributed by atoms with E-state index < -0.39 is 23.3 Å². The number of halogens is 4. The minimum atomic E-state index is -4.44. The van der Waals surface area contributed by atoms with Crippen LogP contribution in [0.1, 0.15) is 29.0 Å². The molecule has 3 heterocycles. The third kappa shape index (κ3) is 5.64. The maximum Gasteiger partial charge on any atom is 0.439 e. The molecule has 1 aliphatic heterocycles. The lowest BCUT2D eigenvalue weighted by atomic mass is 10.1. The van der Waals surface area contributed by atoms with Crippen LogP contribution in [-0.2, 0) is 19.3 Å². The Kier molecular flexibility index (Phi) is 7.32. The second-order valence-electron chi connectivity index (χ2n) is 8.79. The molecule has 2 N–H and O–H groups in total. The van der Waals surface area contributed by atoms with Gasteiger partial charge in [0.1, 0.15) is 23.2 Å². The monoisotopic (exact) mass is 550 g/mol. The van der Waals surface area contributed by atoms with E-state index in [4.69, 9.17) is 9.72 Å². The number of nitrogens with zero attached hydrogens (tertiary/aromatic N) is 3. The molecule has 4 aromatic rings. The third-order valence-corrected chi connectivity index (χ3v) is 7.43. The highest BCUT2D eigenvalue weighted by atomic mass is 32.1. The zero-order valence-corrected chi connectivity index (χ0v) is 20.6. The summed E-state index contributed by atoms with van der Waals surface area (Å²) in [5, 5.41) is 13.7. The lowest BCUT2D eigenvalue weighted by molar-refractivity contribution is -0.137. The van der Waals surface area contributed by atoms with Gasteiger partial charge in [-0.25, -0.2) is 14.2 Å². The maximum atomic E-state index is 14.6. The number of H-pyrrole nitrogens is 1. The number of benzene rings is 2. The van der Waals surface area contributed by atoms with Crippen molar-refractivity contribution in [3.63, 3.8) is 0 Å². The second kappa shape index (κ2) is 10.7. The molecule has 0 amide bonds. The number of rotatable bonds is 8. The first-order valence-electron chi connectivity index (χ1n) is 11.7. The highest BCUT2D eigenvalue weighted by Crippen LogP contribution is 2.34. The average molecular weight is 551 g/mol.